The average Bonchev–Trinajstić information content (AvgIpc) is 2.58. The number of carbonyl (C=O) groups excluding carboxylic acids is 3. The van der Waals surface area contributed by atoms with E-state index >= 15 is 0 Å². The molecule has 0 aromatic heterocycles. The summed E-state index contributed by atoms with van der Waals surface area (Å²) in [5, 5.41) is 8.56. The van der Waals surface area contributed by atoms with Crippen LogP contribution in [0.2, 0.25) is 0 Å². The van der Waals surface area contributed by atoms with Gasteiger partial charge in [0.05, 0.1) is 6.54 Å². The van der Waals surface area contributed by atoms with Crippen LogP contribution in [-0.4, -0.2) is 36.6 Å². The minimum atomic E-state index is -0.344. The largest absolute Gasteiger partial charge is 0.358 e. The Hall–Kier alpha value is -2.15. The maximum absolute atomic E-state index is 11.7. The first kappa shape index (κ1) is 19.9. The molecule has 1 rings (SSSR count). The molecule has 0 atom stereocenters. The predicted molar refractivity (Wildman–Crippen MR) is 98.9 cm³/mol. The van der Waals surface area contributed by atoms with Gasteiger partial charge in [0.25, 0.3) is 0 Å². The van der Waals surface area contributed by atoms with Gasteiger partial charge >= 0.3 is 0 Å². The highest BCUT2D eigenvalue weighted by Crippen LogP contribution is 2.18. The Morgan fingerprint density at radius 2 is 1.96 bits per heavy atom. The standard InChI is InChI=1S/C17H22BrN3O3/c1-12-10-13(6-8-15(22)20-11-17(24)19-2)5-7-14(12)21-16(23)4-3-9-18/h5-8,10H,3-4,9,11H2,1-2H3,(H,19,24)(H,20,22)(H,21,23). The topological polar surface area (TPSA) is 87.3 Å². The summed E-state index contributed by atoms with van der Waals surface area (Å²) in [6.45, 7) is 1.83. The van der Waals surface area contributed by atoms with Crippen LogP contribution in [0, 0.1) is 6.92 Å². The van der Waals surface area contributed by atoms with Crippen molar-refractivity contribution in [2.75, 3.05) is 24.2 Å². The number of rotatable bonds is 8. The summed E-state index contributed by atoms with van der Waals surface area (Å²) in [6.07, 6.45) is 4.28. The molecule has 3 N–H and O–H groups in total. The molecule has 3 amide bonds. The van der Waals surface area contributed by atoms with E-state index in [0.29, 0.717) is 6.42 Å². The molecule has 0 aliphatic rings. The lowest BCUT2D eigenvalue weighted by Crippen LogP contribution is -2.34. The van der Waals surface area contributed by atoms with Gasteiger partial charge in [-0.25, -0.2) is 0 Å². The lowest BCUT2D eigenvalue weighted by atomic mass is 10.1. The zero-order chi connectivity index (χ0) is 17.9. The van der Waals surface area contributed by atoms with Gasteiger partial charge in [0.15, 0.2) is 0 Å². The Kier molecular flexibility index (Phi) is 8.78. The molecule has 0 fully saturated rings. The predicted octanol–water partition coefficient (Wildman–Crippen LogP) is 1.98. The van der Waals surface area contributed by atoms with Crippen molar-refractivity contribution < 1.29 is 14.4 Å². The summed E-state index contributed by atoms with van der Waals surface area (Å²) < 4.78 is 0. The molecule has 130 valence electrons. The number of halogens is 1. The number of alkyl halides is 1. The number of aryl methyl sites for hydroxylation is 1. The second-order valence-electron chi connectivity index (χ2n) is 5.14. The number of amides is 3. The molecule has 0 heterocycles. The van der Waals surface area contributed by atoms with Gasteiger partial charge in [-0.2, -0.15) is 0 Å². The minimum Gasteiger partial charge on any atom is -0.358 e. The van der Waals surface area contributed by atoms with E-state index in [0.717, 1.165) is 28.6 Å². The molecule has 6 nitrogen and oxygen atoms in total. The number of likely N-dealkylation sites (N-methyl/N-ethyl adjacent to an activating group) is 1. The van der Waals surface area contributed by atoms with Gasteiger partial charge in [0, 0.05) is 30.6 Å². The second-order valence-corrected chi connectivity index (χ2v) is 5.93. The van der Waals surface area contributed by atoms with Gasteiger partial charge in [0.1, 0.15) is 0 Å². The van der Waals surface area contributed by atoms with Gasteiger partial charge in [-0.1, -0.05) is 22.0 Å². The van der Waals surface area contributed by atoms with Crippen molar-refractivity contribution in [1.29, 1.82) is 0 Å². The van der Waals surface area contributed by atoms with E-state index < -0.39 is 0 Å². The van der Waals surface area contributed by atoms with Crippen LogP contribution in [-0.2, 0) is 14.4 Å². The minimum absolute atomic E-state index is 0.0191. The van der Waals surface area contributed by atoms with Gasteiger partial charge < -0.3 is 16.0 Å². The molecule has 0 spiro atoms. The third-order valence-electron chi connectivity index (χ3n) is 3.19. The zero-order valence-corrected chi connectivity index (χ0v) is 15.4. The fourth-order valence-corrected chi connectivity index (χ4v) is 2.14. The third kappa shape index (κ3) is 7.41. The van der Waals surface area contributed by atoms with Crippen molar-refractivity contribution in [3.05, 3.63) is 35.4 Å². The van der Waals surface area contributed by atoms with Crippen molar-refractivity contribution in [1.82, 2.24) is 10.6 Å². The monoisotopic (exact) mass is 395 g/mol. The lowest BCUT2D eigenvalue weighted by molar-refractivity contribution is -0.123. The van der Waals surface area contributed by atoms with E-state index in [2.05, 4.69) is 31.9 Å². The summed E-state index contributed by atoms with van der Waals surface area (Å²) in [6, 6.07) is 5.50. The summed E-state index contributed by atoms with van der Waals surface area (Å²) in [5.41, 5.74) is 2.51. The molecule has 0 saturated carbocycles. The van der Waals surface area contributed by atoms with Gasteiger partial charge in [-0.05, 0) is 42.7 Å². The molecule has 0 radical (unpaired) electrons. The highest BCUT2D eigenvalue weighted by atomic mass is 79.9. The zero-order valence-electron chi connectivity index (χ0n) is 13.8. The van der Waals surface area contributed by atoms with Crippen molar-refractivity contribution in [2.24, 2.45) is 0 Å². The molecule has 1 aromatic carbocycles. The first-order valence-electron chi connectivity index (χ1n) is 7.59. The summed E-state index contributed by atoms with van der Waals surface area (Å²) in [4.78, 5) is 34.4. The molecular formula is C17H22BrN3O3. The van der Waals surface area contributed by atoms with E-state index in [-0.39, 0.29) is 24.3 Å². The second kappa shape index (κ2) is 10.6. The van der Waals surface area contributed by atoms with Crippen LogP contribution in [0.4, 0.5) is 5.69 Å². The Labute approximate surface area is 150 Å². The third-order valence-corrected chi connectivity index (χ3v) is 3.75. The molecule has 0 saturated heterocycles. The van der Waals surface area contributed by atoms with Crippen LogP contribution in [0.1, 0.15) is 24.0 Å². The van der Waals surface area contributed by atoms with Crippen LogP contribution in [0.15, 0.2) is 24.3 Å². The van der Waals surface area contributed by atoms with Crippen molar-refractivity contribution in [3.8, 4) is 0 Å². The van der Waals surface area contributed by atoms with E-state index in [9.17, 15) is 14.4 Å². The van der Waals surface area contributed by atoms with E-state index in [1.165, 1.54) is 13.1 Å². The van der Waals surface area contributed by atoms with E-state index in [1.807, 2.05) is 25.1 Å². The Balaban J connectivity index is 2.60. The number of benzene rings is 1. The van der Waals surface area contributed by atoms with Crippen LogP contribution < -0.4 is 16.0 Å². The maximum atomic E-state index is 11.7. The highest BCUT2D eigenvalue weighted by molar-refractivity contribution is 9.09. The highest BCUT2D eigenvalue weighted by Gasteiger charge is 2.05. The smallest absolute Gasteiger partial charge is 0.244 e. The van der Waals surface area contributed by atoms with Crippen LogP contribution in [0.5, 0.6) is 0 Å². The maximum Gasteiger partial charge on any atom is 0.244 e. The normalized spacial score (nSPS) is 10.5. The summed E-state index contributed by atoms with van der Waals surface area (Å²) in [5.74, 6) is -0.620. The molecule has 0 aliphatic carbocycles. The number of nitrogens with one attached hydrogen (secondary N) is 3. The first-order valence-corrected chi connectivity index (χ1v) is 8.71. The van der Waals surface area contributed by atoms with Crippen molar-refractivity contribution in [3.63, 3.8) is 0 Å². The molecule has 0 unspecified atom stereocenters. The molecule has 0 aliphatic heterocycles. The average molecular weight is 396 g/mol. The summed E-state index contributed by atoms with van der Waals surface area (Å²) in [7, 11) is 1.51. The molecule has 0 bridgehead atoms. The fraction of sp³-hybridized carbons (Fsp3) is 0.353. The quantitative estimate of drug-likeness (QED) is 0.464. The fourth-order valence-electron chi connectivity index (χ4n) is 1.86. The Morgan fingerprint density at radius 3 is 2.58 bits per heavy atom. The SMILES string of the molecule is CNC(=O)CNC(=O)C=Cc1ccc(NC(=O)CCCBr)c(C)c1. The summed E-state index contributed by atoms with van der Waals surface area (Å²) >= 11 is 3.30. The Morgan fingerprint density at radius 1 is 1.21 bits per heavy atom. The number of hydrogen-bond acceptors (Lipinski definition) is 3. The first-order chi connectivity index (χ1) is 11.5. The van der Waals surface area contributed by atoms with Gasteiger partial charge in [-0.3, -0.25) is 14.4 Å². The molecule has 24 heavy (non-hydrogen) atoms. The number of hydrogen-bond donors (Lipinski definition) is 3. The molecular weight excluding hydrogens is 374 g/mol. The Bertz CT molecular complexity index is 630. The molecule has 1 aromatic rings. The van der Waals surface area contributed by atoms with Gasteiger partial charge in [-0.15, -0.1) is 0 Å². The van der Waals surface area contributed by atoms with Crippen LogP contribution >= 0.6 is 15.9 Å². The molecule has 7 heteroatoms. The number of anilines is 1. The number of carbonyl (C=O) groups is 3. The lowest BCUT2D eigenvalue weighted by Gasteiger charge is -2.09. The van der Waals surface area contributed by atoms with Crippen molar-refractivity contribution >= 4 is 45.4 Å². The van der Waals surface area contributed by atoms with E-state index in [4.69, 9.17) is 0 Å². The van der Waals surface area contributed by atoms with Crippen molar-refractivity contribution in [2.45, 2.75) is 19.8 Å². The van der Waals surface area contributed by atoms with E-state index in [1.54, 1.807) is 6.08 Å². The van der Waals surface area contributed by atoms with Crippen LogP contribution in [0.3, 0.4) is 0 Å². The van der Waals surface area contributed by atoms with Gasteiger partial charge in [0.2, 0.25) is 17.7 Å². The van der Waals surface area contributed by atoms with Crippen LogP contribution in [0.25, 0.3) is 6.08 Å².